The second-order valence-electron chi connectivity index (χ2n) is 7.84. The summed E-state index contributed by atoms with van der Waals surface area (Å²) in [6.07, 6.45) is 3.56. The van der Waals surface area contributed by atoms with E-state index < -0.39 is 11.2 Å². The average molecular weight is 370 g/mol. The minimum Gasteiger partial charge on any atom is -0.507 e. The molecule has 0 spiro atoms. The molecule has 0 saturated heterocycles. The highest BCUT2D eigenvalue weighted by Gasteiger charge is 2.47. The van der Waals surface area contributed by atoms with Gasteiger partial charge in [-0.25, -0.2) is 0 Å². The van der Waals surface area contributed by atoms with E-state index in [4.69, 9.17) is 9.47 Å². The lowest BCUT2D eigenvalue weighted by atomic mass is 9.73. The fraction of sp³-hybridized carbons (Fsp3) is 0.455. The third-order valence-corrected chi connectivity index (χ3v) is 5.82. The van der Waals surface area contributed by atoms with Gasteiger partial charge in [0.15, 0.2) is 11.5 Å². The molecule has 0 fully saturated rings. The summed E-state index contributed by atoms with van der Waals surface area (Å²) >= 11 is 0. The molecule has 1 N–H and O–H groups in total. The van der Waals surface area contributed by atoms with Crippen molar-refractivity contribution in [3.63, 3.8) is 0 Å². The Morgan fingerprint density at radius 1 is 1.33 bits per heavy atom. The van der Waals surface area contributed by atoms with Gasteiger partial charge in [0.25, 0.3) is 0 Å². The number of rotatable bonds is 4. The molecule has 0 bridgehead atoms. The Labute approximate surface area is 159 Å². The molecular weight excluding hydrogens is 344 g/mol. The Hall–Kier alpha value is -2.56. The van der Waals surface area contributed by atoms with Crippen LogP contribution in [0, 0.1) is 0 Å². The SMILES string of the molecule is COC1=C(C)C(=O)c2c(cc3c(c2O)[C@@](C)(CCC=C(C)C)[C@@H](C)O3)C1=O. The van der Waals surface area contributed by atoms with E-state index in [0.29, 0.717) is 11.3 Å². The van der Waals surface area contributed by atoms with E-state index in [9.17, 15) is 14.7 Å². The number of benzene rings is 1. The van der Waals surface area contributed by atoms with Crippen LogP contribution >= 0.6 is 0 Å². The van der Waals surface area contributed by atoms with Gasteiger partial charge in [0.05, 0.1) is 12.7 Å². The van der Waals surface area contributed by atoms with Gasteiger partial charge in [-0.1, -0.05) is 18.6 Å². The monoisotopic (exact) mass is 370 g/mol. The number of Topliss-reactive ketones (excluding diaryl/α,β-unsaturated/α-hetero) is 2. The Balaban J connectivity index is 2.16. The summed E-state index contributed by atoms with van der Waals surface area (Å²) in [6.45, 7) is 9.63. The zero-order valence-electron chi connectivity index (χ0n) is 16.7. The molecule has 2 atom stereocenters. The third kappa shape index (κ3) is 2.76. The number of allylic oxidation sites excluding steroid dienone is 4. The number of fused-ring (bicyclic) bond motifs is 2. The summed E-state index contributed by atoms with van der Waals surface area (Å²) in [6, 6.07) is 1.58. The van der Waals surface area contributed by atoms with Crippen LogP contribution in [-0.2, 0) is 10.2 Å². The zero-order chi connectivity index (χ0) is 20.1. The van der Waals surface area contributed by atoms with Gasteiger partial charge >= 0.3 is 0 Å². The van der Waals surface area contributed by atoms with E-state index in [0.717, 1.165) is 12.8 Å². The van der Waals surface area contributed by atoms with Crippen LogP contribution in [0.2, 0.25) is 0 Å². The smallest absolute Gasteiger partial charge is 0.228 e. The van der Waals surface area contributed by atoms with E-state index in [1.165, 1.54) is 12.7 Å². The maximum absolute atomic E-state index is 12.8. The van der Waals surface area contributed by atoms with Gasteiger partial charge in [-0.2, -0.15) is 0 Å². The zero-order valence-corrected chi connectivity index (χ0v) is 16.7. The summed E-state index contributed by atoms with van der Waals surface area (Å²) < 4.78 is 11.1. The van der Waals surface area contributed by atoms with E-state index in [1.807, 2.05) is 27.7 Å². The molecule has 1 aliphatic heterocycles. The van der Waals surface area contributed by atoms with Crippen LogP contribution in [0.3, 0.4) is 0 Å². The van der Waals surface area contributed by atoms with Crippen molar-refractivity contribution in [1.82, 2.24) is 0 Å². The number of ether oxygens (including phenoxy) is 2. The average Bonchev–Trinajstić information content (AvgIpc) is 2.84. The molecule has 0 radical (unpaired) electrons. The first-order chi connectivity index (χ1) is 12.6. The van der Waals surface area contributed by atoms with Crippen molar-refractivity contribution in [2.45, 2.75) is 59.0 Å². The first-order valence-electron chi connectivity index (χ1n) is 9.18. The minimum absolute atomic E-state index is 0.0178. The van der Waals surface area contributed by atoms with Crippen molar-refractivity contribution in [1.29, 1.82) is 0 Å². The highest BCUT2D eigenvalue weighted by atomic mass is 16.5. The Morgan fingerprint density at radius 3 is 2.59 bits per heavy atom. The maximum Gasteiger partial charge on any atom is 0.228 e. The van der Waals surface area contributed by atoms with Gasteiger partial charge in [0.2, 0.25) is 5.78 Å². The number of ketones is 2. The Bertz CT molecular complexity index is 902. The molecular formula is C22H26O5. The molecule has 0 amide bonds. The molecule has 1 aliphatic carbocycles. The van der Waals surface area contributed by atoms with Crippen molar-refractivity contribution in [2.24, 2.45) is 0 Å². The summed E-state index contributed by atoms with van der Waals surface area (Å²) in [7, 11) is 1.36. The van der Waals surface area contributed by atoms with Crippen molar-refractivity contribution in [2.75, 3.05) is 7.11 Å². The van der Waals surface area contributed by atoms with Gasteiger partial charge in [0, 0.05) is 22.1 Å². The van der Waals surface area contributed by atoms with Crippen molar-refractivity contribution in [3.8, 4) is 11.5 Å². The largest absolute Gasteiger partial charge is 0.507 e. The van der Waals surface area contributed by atoms with Crippen LogP contribution in [0.4, 0.5) is 0 Å². The number of methoxy groups -OCH3 is 1. The molecule has 144 valence electrons. The molecule has 0 saturated carbocycles. The van der Waals surface area contributed by atoms with Crippen LogP contribution in [-0.4, -0.2) is 29.9 Å². The fourth-order valence-corrected chi connectivity index (χ4v) is 4.04. The van der Waals surface area contributed by atoms with Gasteiger partial charge in [-0.3, -0.25) is 9.59 Å². The third-order valence-electron chi connectivity index (χ3n) is 5.82. The topological polar surface area (TPSA) is 72.8 Å². The van der Waals surface area contributed by atoms with E-state index >= 15 is 0 Å². The maximum atomic E-state index is 12.8. The van der Waals surface area contributed by atoms with Crippen molar-refractivity contribution < 1.29 is 24.2 Å². The number of phenols is 1. The number of hydrogen-bond donors (Lipinski definition) is 1. The standard InChI is InChI=1S/C22H26O5/c1-11(2)8-7-9-22(5)13(4)27-15-10-14-16(20(25)17(15)22)18(23)12(3)21(26-6)19(14)24/h8,10,13,25H,7,9H2,1-6H3/t13-,22+/m1/s1. The Kier molecular flexibility index (Phi) is 4.66. The first-order valence-corrected chi connectivity index (χ1v) is 9.18. The number of carbonyl (C=O) groups is 2. The highest BCUT2D eigenvalue weighted by molar-refractivity contribution is 6.27. The predicted molar refractivity (Wildman–Crippen MR) is 103 cm³/mol. The summed E-state index contributed by atoms with van der Waals surface area (Å²) in [4.78, 5) is 25.6. The van der Waals surface area contributed by atoms with Crippen LogP contribution in [0.1, 0.15) is 73.7 Å². The number of phenolic OH excluding ortho intramolecular Hbond substituents is 1. The lowest BCUT2D eigenvalue weighted by Crippen LogP contribution is -2.33. The number of aromatic hydroxyl groups is 1. The summed E-state index contributed by atoms with van der Waals surface area (Å²) in [5.41, 5.74) is 1.80. The predicted octanol–water partition coefficient (Wildman–Crippen LogP) is 4.48. The first kappa shape index (κ1) is 19.2. The van der Waals surface area contributed by atoms with E-state index in [-0.39, 0.29) is 40.1 Å². The van der Waals surface area contributed by atoms with Crippen molar-refractivity contribution >= 4 is 11.6 Å². The molecule has 1 aromatic rings. The Morgan fingerprint density at radius 2 is 2.00 bits per heavy atom. The molecule has 5 heteroatoms. The normalized spacial score (nSPS) is 23.7. The molecule has 0 aromatic heterocycles. The van der Waals surface area contributed by atoms with Gasteiger partial charge in [-0.15, -0.1) is 0 Å². The second kappa shape index (κ2) is 6.55. The molecule has 1 aromatic carbocycles. The molecule has 1 heterocycles. The lowest BCUT2D eigenvalue weighted by molar-refractivity contribution is 0.0904. The lowest BCUT2D eigenvalue weighted by Gasteiger charge is -2.29. The minimum atomic E-state index is -0.455. The van der Waals surface area contributed by atoms with Crippen LogP contribution in [0.5, 0.6) is 11.5 Å². The number of carbonyl (C=O) groups excluding carboxylic acids is 2. The van der Waals surface area contributed by atoms with E-state index in [1.54, 1.807) is 13.0 Å². The van der Waals surface area contributed by atoms with Gasteiger partial charge in [-0.05, 0) is 46.6 Å². The molecule has 0 unspecified atom stereocenters. The fourth-order valence-electron chi connectivity index (χ4n) is 4.04. The molecule has 2 aliphatic rings. The van der Waals surface area contributed by atoms with Gasteiger partial charge < -0.3 is 14.6 Å². The number of hydrogen-bond acceptors (Lipinski definition) is 5. The van der Waals surface area contributed by atoms with Gasteiger partial charge in [0.1, 0.15) is 17.6 Å². The highest BCUT2D eigenvalue weighted by Crippen LogP contribution is 2.53. The van der Waals surface area contributed by atoms with Crippen LogP contribution in [0.15, 0.2) is 29.0 Å². The second-order valence-corrected chi connectivity index (χ2v) is 7.84. The molecule has 27 heavy (non-hydrogen) atoms. The van der Waals surface area contributed by atoms with Crippen molar-refractivity contribution in [3.05, 3.63) is 45.7 Å². The van der Waals surface area contributed by atoms with E-state index in [2.05, 4.69) is 6.08 Å². The van der Waals surface area contributed by atoms with Crippen LogP contribution in [0.25, 0.3) is 0 Å². The van der Waals surface area contributed by atoms with Crippen LogP contribution < -0.4 is 4.74 Å². The summed E-state index contributed by atoms with van der Waals surface area (Å²) in [5, 5.41) is 11.1. The molecule has 5 nitrogen and oxygen atoms in total. The molecule has 3 rings (SSSR count). The quantitative estimate of drug-likeness (QED) is 0.791. The summed E-state index contributed by atoms with van der Waals surface area (Å²) in [5.74, 6) is -0.441.